The first-order valence-corrected chi connectivity index (χ1v) is 4.53. The summed E-state index contributed by atoms with van der Waals surface area (Å²) in [5.74, 6) is 0. The van der Waals surface area contributed by atoms with E-state index in [1.807, 2.05) is 0 Å². The van der Waals surface area contributed by atoms with Crippen LogP contribution in [0.3, 0.4) is 0 Å². The molecule has 0 amide bonds. The molecular formula is C10H6F6N2. The maximum atomic E-state index is 12.7. The summed E-state index contributed by atoms with van der Waals surface area (Å²) in [5, 5.41) is 8.61. The zero-order chi connectivity index (χ0) is 14.1. The molecule has 0 saturated heterocycles. The molecule has 2 nitrogen and oxygen atoms in total. The average molecular weight is 268 g/mol. The Bertz CT molecular complexity index is 495. The Labute approximate surface area is 97.6 Å². The van der Waals surface area contributed by atoms with E-state index < -0.39 is 35.6 Å². The van der Waals surface area contributed by atoms with Crippen LogP contribution in [0.25, 0.3) is 0 Å². The minimum Gasteiger partial charge on any atom is -0.326 e. The average Bonchev–Trinajstić information content (AvgIpc) is 2.24. The summed E-state index contributed by atoms with van der Waals surface area (Å²) < 4.78 is 75.4. The summed E-state index contributed by atoms with van der Waals surface area (Å²) in [6.07, 6.45) is -10.5. The van der Waals surface area contributed by atoms with Gasteiger partial charge in [0.2, 0.25) is 0 Å². The van der Waals surface area contributed by atoms with Crippen molar-refractivity contribution in [3.8, 4) is 6.07 Å². The van der Waals surface area contributed by atoms with Gasteiger partial charge in [-0.2, -0.15) is 31.6 Å². The normalized spacial score (nSPS) is 12.3. The maximum absolute atomic E-state index is 12.7. The molecule has 0 aromatic heterocycles. The van der Waals surface area contributed by atoms with Gasteiger partial charge < -0.3 is 5.73 Å². The molecule has 0 unspecified atom stereocenters. The van der Waals surface area contributed by atoms with Crippen molar-refractivity contribution in [2.45, 2.75) is 18.9 Å². The van der Waals surface area contributed by atoms with Crippen LogP contribution in [-0.4, -0.2) is 0 Å². The van der Waals surface area contributed by atoms with Gasteiger partial charge >= 0.3 is 12.4 Å². The highest BCUT2D eigenvalue weighted by Gasteiger charge is 2.45. The first-order valence-electron chi connectivity index (χ1n) is 4.53. The van der Waals surface area contributed by atoms with E-state index in [9.17, 15) is 26.3 Å². The monoisotopic (exact) mass is 268 g/mol. The predicted molar refractivity (Wildman–Crippen MR) is 49.1 cm³/mol. The molecule has 1 aromatic rings. The van der Waals surface area contributed by atoms with Crippen molar-refractivity contribution in [1.82, 2.24) is 0 Å². The van der Waals surface area contributed by atoms with E-state index in [-0.39, 0.29) is 11.6 Å². The molecule has 0 aliphatic rings. The number of hydrogen-bond acceptors (Lipinski definition) is 2. The largest absolute Gasteiger partial charge is 0.418 e. The van der Waals surface area contributed by atoms with Gasteiger partial charge in [0.15, 0.2) is 0 Å². The van der Waals surface area contributed by atoms with Gasteiger partial charge in [-0.05, 0) is 11.6 Å². The summed E-state index contributed by atoms with van der Waals surface area (Å²) in [4.78, 5) is 0. The second-order valence-electron chi connectivity index (χ2n) is 3.33. The quantitative estimate of drug-likeness (QED) is 0.796. The van der Waals surface area contributed by atoms with Crippen LogP contribution < -0.4 is 5.73 Å². The lowest BCUT2D eigenvalue weighted by atomic mass is 9.95. The highest BCUT2D eigenvalue weighted by Crippen LogP contribution is 2.42. The number of benzene rings is 1. The summed E-state index contributed by atoms with van der Waals surface area (Å²) in [6.45, 7) is -0.454. The van der Waals surface area contributed by atoms with Gasteiger partial charge in [0.1, 0.15) is 6.07 Å². The third-order valence-corrected chi connectivity index (χ3v) is 2.21. The van der Waals surface area contributed by atoms with Crippen LogP contribution in [0.2, 0.25) is 0 Å². The Morgan fingerprint density at radius 2 is 1.61 bits per heavy atom. The van der Waals surface area contributed by atoms with Crippen LogP contribution in [0.15, 0.2) is 12.1 Å². The Morgan fingerprint density at radius 3 is 1.94 bits per heavy atom. The molecule has 0 aliphatic heterocycles. The van der Waals surface area contributed by atoms with Gasteiger partial charge in [-0.3, -0.25) is 0 Å². The number of nitriles is 1. The standard InChI is InChI=1S/C10H6F6N2/c11-9(12,13)7-2-1-5(3-17)6(4-18)8(7)10(14,15)16/h1-2H,3,17H2. The fourth-order valence-electron chi connectivity index (χ4n) is 1.47. The maximum Gasteiger partial charge on any atom is 0.418 e. The zero-order valence-electron chi connectivity index (χ0n) is 8.65. The third kappa shape index (κ3) is 2.56. The predicted octanol–water partition coefficient (Wildman–Crippen LogP) is 3.05. The van der Waals surface area contributed by atoms with E-state index in [4.69, 9.17) is 11.0 Å². The molecule has 0 spiro atoms. The molecule has 0 bridgehead atoms. The summed E-state index contributed by atoms with van der Waals surface area (Å²) in [5.41, 5.74) is -0.137. The number of hydrogen-bond donors (Lipinski definition) is 1. The van der Waals surface area contributed by atoms with Crippen molar-refractivity contribution < 1.29 is 26.3 Å². The van der Waals surface area contributed by atoms with Crippen molar-refractivity contribution in [3.63, 3.8) is 0 Å². The van der Waals surface area contributed by atoms with Crippen molar-refractivity contribution in [3.05, 3.63) is 34.4 Å². The van der Waals surface area contributed by atoms with Crippen LogP contribution in [0, 0.1) is 11.3 Å². The van der Waals surface area contributed by atoms with Crippen LogP contribution in [0.5, 0.6) is 0 Å². The molecule has 8 heteroatoms. The van der Waals surface area contributed by atoms with E-state index >= 15 is 0 Å². The fourth-order valence-corrected chi connectivity index (χ4v) is 1.47. The molecule has 0 fully saturated rings. The first kappa shape index (κ1) is 14.3. The first-order chi connectivity index (χ1) is 8.12. The lowest BCUT2D eigenvalue weighted by Crippen LogP contribution is -2.20. The van der Waals surface area contributed by atoms with Crippen LogP contribution in [-0.2, 0) is 18.9 Å². The Hall–Kier alpha value is -1.75. The minimum absolute atomic E-state index is 0.280. The van der Waals surface area contributed by atoms with E-state index in [0.29, 0.717) is 0 Å². The van der Waals surface area contributed by atoms with Crippen molar-refractivity contribution in [2.24, 2.45) is 5.73 Å². The van der Waals surface area contributed by atoms with E-state index in [1.54, 1.807) is 0 Å². The van der Waals surface area contributed by atoms with Gasteiger partial charge in [0, 0.05) is 6.54 Å². The topological polar surface area (TPSA) is 49.8 Å². The smallest absolute Gasteiger partial charge is 0.326 e. The number of halogens is 6. The molecule has 1 rings (SSSR count). The van der Waals surface area contributed by atoms with Crippen LogP contribution >= 0.6 is 0 Å². The van der Waals surface area contributed by atoms with Gasteiger partial charge in [-0.25, -0.2) is 0 Å². The van der Waals surface area contributed by atoms with Crippen molar-refractivity contribution in [1.29, 1.82) is 5.26 Å². The summed E-state index contributed by atoms with van der Waals surface area (Å²) in [7, 11) is 0. The molecule has 0 radical (unpaired) electrons. The van der Waals surface area contributed by atoms with Crippen LogP contribution in [0.1, 0.15) is 22.3 Å². The van der Waals surface area contributed by atoms with E-state index in [1.165, 1.54) is 0 Å². The minimum atomic E-state index is -5.28. The molecule has 2 N–H and O–H groups in total. The number of nitrogens with two attached hydrogens (primary N) is 1. The molecular weight excluding hydrogens is 262 g/mol. The lowest BCUT2D eigenvalue weighted by Gasteiger charge is -2.18. The molecule has 0 heterocycles. The molecule has 0 atom stereocenters. The second kappa shape index (κ2) is 4.49. The Balaban J connectivity index is 3.73. The van der Waals surface area contributed by atoms with Crippen molar-refractivity contribution in [2.75, 3.05) is 0 Å². The highest BCUT2D eigenvalue weighted by molar-refractivity contribution is 5.51. The Kier molecular flexibility index (Phi) is 3.57. The zero-order valence-corrected chi connectivity index (χ0v) is 8.65. The van der Waals surface area contributed by atoms with E-state index in [2.05, 4.69) is 0 Å². The summed E-state index contributed by atoms with van der Waals surface area (Å²) >= 11 is 0. The number of nitrogens with zero attached hydrogens (tertiary/aromatic N) is 1. The third-order valence-electron chi connectivity index (χ3n) is 2.21. The highest BCUT2D eigenvalue weighted by atomic mass is 19.4. The van der Waals surface area contributed by atoms with Crippen LogP contribution in [0.4, 0.5) is 26.3 Å². The van der Waals surface area contributed by atoms with E-state index in [0.717, 1.165) is 12.1 Å². The van der Waals surface area contributed by atoms with Gasteiger partial charge in [-0.1, -0.05) is 6.07 Å². The molecule has 0 saturated carbocycles. The van der Waals surface area contributed by atoms with Gasteiger partial charge in [0.05, 0.1) is 16.7 Å². The lowest BCUT2D eigenvalue weighted by molar-refractivity contribution is -0.162. The Morgan fingerprint density at radius 1 is 1.06 bits per heavy atom. The number of rotatable bonds is 1. The van der Waals surface area contributed by atoms with Gasteiger partial charge in [-0.15, -0.1) is 0 Å². The van der Waals surface area contributed by atoms with Gasteiger partial charge in [0.25, 0.3) is 0 Å². The molecule has 1 aromatic carbocycles. The fraction of sp³-hybridized carbons (Fsp3) is 0.300. The molecule has 0 aliphatic carbocycles. The molecule has 98 valence electrons. The SMILES string of the molecule is N#Cc1c(CN)ccc(C(F)(F)F)c1C(F)(F)F. The molecule has 18 heavy (non-hydrogen) atoms. The second-order valence-corrected chi connectivity index (χ2v) is 3.33. The number of alkyl halides is 6. The van der Waals surface area contributed by atoms with Crippen molar-refractivity contribution >= 4 is 0 Å². The summed E-state index contributed by atoms with van der Waals surface area (Å²) in [6, 6.07) is 2.19.